The first-order valence-electron chi connectivity index (χ1n) is 6.79. The van der Waals surface area contributed by atoms with Crippen molar-refractivity contribution in [3.63, 3.8) is 0 Å². The van der Waals surface area contributed by atoms with E-state index in [1.807, 2.05) is 18.2 Å². The number of rotatable bonds is 4. The lowest BCUT2D eigenvalue weighted by Gasteiger charge is -2.18. The molecule has 18 heavy (non-hydrogen) atoms. The molecule has 0 aliphatic heterocycles. The topological polar surface area (TPSA) is 12.0 Å². The Kier molecular flexibility index (Phi) is 5.64. The smallest absolute Gasteiger partial charge is 0.0582 e. The fourth-order valence-corrected chi connectivity index (χ4v) is 3.65. The minimum atomic E-state index is 0.667. The summed E-state index contributed by atoms with van der Waals surface area (Å²) in [5.74, 6) is 7.64. The summed E-state index contributed by atoms with van der Waals surface area (Å²) in [7, 11) is 0. The van der Waals surface area contributed by atoms with Crippen molar-refractivity contribution >= 4 is 11.8 Å². The molecule has 0 aromatic heterocycles. The number of thioether (sulfide) groups is 1. The average Bonchev–Trinajstić information content (AvgIpc) is 2.84. The van der Waals surface area contributed by atoms with Crippen molar-refractivity contribution in [3.8, 4) is 11.8 Å². The molecule has 0 amide bonds. The molecule has 1 aliphatic rings. The molecule has 96 valence electrons. The van der Waals surface area contributed by atoms with Gasteiger partial charge in [-0.05, 0) is 30.7 Å². The van der Waals surface area contributed by atoms with Crippen molar-refractivity contribution in [1.29, 1.82) is 0 Å². The summed E-state index contributed by atoms with van der Waals surface area (Å²) < 4.78 is 0. The van der Waals surface area contributed by atoms with E-state index < -0.39 is 0 Å². The number of benzene rings is 1. The van der Waals surface area contributed by atoms with Gasteiger partial charge in [-0.3, -0.25) is 0 Å². The van der Waals surface area contributed by atoms with E-state index in [4.69, 9.17) is 0 Å². The predicted molar refractivity (Wildman–Crippen MR) is 80.9 cm³/mol. The van der Waals surface area contributed by atoms with Crippen LogP contribution in [0.2, 0.25) is 0 Å². The fourth-order valence-electron chi connectivity index (χ4n) is 2.42. The first kappa shape index (κ1) is 13.5. The second-order valence-electron chi connectivity index (χ2n) is 4.58. The summed E-state index contributed by atoms with van der Waals surface area (Å²) in [4.78, 5) is 0. The minimum absolute atomic E-state index is 0.667. The lowest BCUT2D eigenvalue weighted by Crippen LogP contribution is -2.34. The van der Waals surface area contributed by atoms with Gasteiger partial charge in [0.1, 0.15) is 0 Å². The molecule has 2 atom stereocenters. The van der Waals surface area contributed by atoms with Crippen LogP contribution in [-0.2, 0) is 0 Å². The molecule has 0 radical (unpaired) electrons. The van der Waals surface area contributed by atoms with Crippen LogP contribution >= 0.6 is 11.8 Å². The molecule has 2 unspecified atom stereocenters. The summed E-state index contributed by atoms with van der Waals surface area (Å²) in [6.45, 7) is 3.05. The number of nitrogens with one attached hydrogen (secondary N) is 1. The molecule has 1 N–H and O–H groups in total. The molecule has 0 saturated heterocycles. The molecule has 1 aliphatic carbocycles. The van der Waals surface area contributed by atoms with E-state index in [0.717, 1.165) is 17.4 Å². The Morgan fingerprint density at radius 1 is 1.28 bits per heavy atom. The molecule has 0 heterocycles. The Morgan fingerprint density at radius 2 is 2.11 bits per heavy atom. The van der Waals surface area contributed by atoms with Crippen molar-refractivity contribution in [2.24, 2.45) is 0 Å². The first-order valence-corrected chi connectivity index (χ1v) is 7.84. The molecule has 2 heteroatoms. The molecule has 1 aromatic rings. The highest BCUT2D eigenvalue weighted by molar-refractivity contribution is 7.99. The molecule has 2 rings (SSSR count). The van der Waals surface area contributed by atoms with E-state index in [2.05, 4.69) is 48.0 Å². The Balaban J connectivity index is 1.77. The highest BCUT2D eigenvalue weighted by atomic mass is 32.2. The van der Waals surface area contributed by atoms with Crippen LogP contribution in [-0.4, -0.2) is 23.6 Å². The Bertz CT molecular complexity index is 404. The van der Waals surface area contributed by atoms with Crippen LogP contribution < -0.4 is 5.32 Å². The molecule has 1 nitrogen and oxygen atoms in total. The number of hydrogen-bond acceptors (Lipinski definition) is 2. The normalized spacial score (nSPS) is 22.5. The fraction of sp³-hybridized carbons (Fsp3) is 0.500. The summed E-state index contributed by atoms with van der Waals surface area (Å²) in [5.41, 5.74) is 1.10. The average molecular weight is 259 g/mol. The van der Waals surface area contributed by atoms with Crippen LogP contribution in [0.15, 0.2) is 30.3 Å². The van der Waals surface area contributed by atoms with E-state index in [0.29, 0.717) is 6.04 Å². The second kappa shape index (κ2) is 7.51. The second-order valence-corrected chi connectivity index (χ2v) is 6.10. The zero-order valence-corrected chi connectivity index (χ0v) is 11.8. The maximum Gasteiger partial charge on any atom is 0.0582 e. The largest absolute Gasteiger partial charge is 0.302 e. The zero-order chi connectivity index (χ0) is 12.6. The third kappa shape index (κ3) is 4.08. The highest BCUT2D eigenvalue weighted by Gasteiger charge is 2.25. The van der Waals surface area contributed by atoms with E-state index in [9.17, 15) is 0 Å². The third-order valence-corrected chi connectivity index (χ3v) is 4.62. The van der Waals surface area contributed by atoms with Crippen molar-refractivity contribution in [1.82, 2.24) is 5.32 Å². The maximum absolute atomic E-state index is 3.59. The van der Waals surface area contributed by atoms with Gasteiger partial charge < -0.3 is 5.32 Å². The van der Waals surface area contributed by atoms with Crippen LogP contribution in [0, 0.1) is 11.8 Å². The van der Waals surface area contributed by atoms with Crippen molar-refractivity contribution in [2.75, 3.05) is 12.3 Å². The summed E-state index contributed by atoms with van der Waals surface area (Å²) in [6.07, 6.45) is 4.04. The van der Waals surface area contributed by atoms with Crippen molar-refractivity contribution < 1.29 is 0 Å². The van der Waals surface area contributed by atoms with Gasteiger partial charge in [0.15, 0.2) is 0 Å². The lowest BCUT2D eigenvalue weighted by atomic mass is 10.2. The van der Waals surface area contributed by atoms with E-state index in [-0.39, 0.29) is 0 Å². The minimum Gasteiger partial charge on any atom is -0.302 e. The first-order chi connectivity index (χ1) is 8.90. The van der Waals surface area contributed by atoms with Gasteiger partial charge >= 0.3 is 0 Å². The van der Waals surface area contributed by atoms with Crippen LogP contribution in [0.5, 0.6) is 0 Å². The Labute approximate surface area is 115 Å². The molecule has 1 saturated carbocycles. The van der Waals surface area contributed by atoms with Crippen molar-refractivity contribution in [3.05, 3.63) is 35.9 Å². The molecular weight excluding hydrogens is 238 g/mol. The number of hydrogen-bond donors (Lipinski definition) is 1. The van der Waals surface area contributed by atoms with Crippen LogP contribution in [0.25, 0.3) is 0 Å². The maximum atomic E-state index is 3.59. The summed E-state index contributed by atoms with van der Waals surface area (Å²) in [5, 5.41) is 4.39. The van der Waals surface area contributed by atoms with Gasteiger partial charge in [-0.2, -0.15) is 11.8 Å². The van der Waals surface area contributed by atoms with E-state index >= 15 is 0 Å². The van der Waals surface area contributed by atoms with Gasteiger partial charge in [0.25, 0.3) is 0 Å². The van der Waals surface area contributed by atoms with Crippen LogP contribution in [0.3, 0.4) is 0 Å². The van der Waals surface area contributed by atoms with E-state index in [1.54, 1.807) is 0 Å². The molecular formula is C16H21NS. The quantitative estimate of drug-likeness (QED) is 0.833. The molecule has 0 spiro atoms. The molecule has 1 aromatic carbocycles. The Morgan fingerprint density at radius 3 is 2.89 bits per heavy atom. The molecule has 0 bridgehead atoms. The van der Waals surface area contributed by atoms with Crippen LogP contribution in [0.1, 0.15) is 31.7 Å². The van der Waals surface area contributed by atoms with Gasteiger partial charge in [-0.1, -0.05) is 43.4 Å². The SMILES string of the molecule is CCSC1CCCC1NCC#Cc1ccccc1. The van der Waals surface area contributed by atoms with Gasteiger partial charge in [-0.25, -0.2) is 0 Å². The Hall–Kier alpha value is -0.910. The van der Waals surface area contributed by atoms with Gasteiger partial charge in [0.05, 0.1) is 6.54 Å². The van der Waals surface area contributed by atoms with Gasteiger partial charge in [-0.15, -0.1) is 0 Å². The predicted octanol–water partition coefficient (Wildman–Crippen LogP) is 3.30. The molecule has 1 fully saturated rings. The van der Waals surface area contributed by atoms with Gasteiger partial charge in [0, 0.05) is 16.9 Å². The lowest BCUT2D eigenvalue weighted by molar-refractivity contribution is 0.570. The summed E-state index contributed by atoms with van der Waals surface area (Å²) >= 11 is 2.09. The summed E-state index contributed by atoms with van der Waals surface area (Å²) in [6, 6.07) is 10.9. The standard InChI is InChI=1S/C16H21NS/c1-2-18-16-12-6-11-15(16)17-13-7-10-14-8-4-3-5-9-14/h3-5,8-9,15-17H,2,6,11-13H2,1H3. The van der Waals surface area contributed by atoms with Crippen LogP contribution in [0.4, 0.5) is 0 Å². The van der Waals surface area contributed by atoms with Crippen molar-refractivity contribution in [2.45, 2.75) is 37.5 Å². The monoisotopic (exact) mass is 259 g/mol. The third-order valence-electron chi connectivity index (χ3n) is 3.29. The highest BCUT2D eigenvalue weighted by Crippen LogP contribution is 2.29. The van der Waals surface area contributed by atoms with Gasteiger partial charge in [0.2, 0.25) is 0 Å². The zero-order valence-electron chi connectivity index (χ0n) is 11.0. The van der Waals surface area contributed by atoms with E-state index in [1.165, 1.54) is 25.0 Å².